The van der Waals surface area contributed by atoms with E-state index in [9.17, 15) is 23.2 Å². The third-order valence-electron chi connectivity index (χ3n) is 3.84. The van der Waals surface area contributed by atoms with Crippen molar-refractivity contribution in [2.75, 3.05) is 0 Å². The number of benzene rings is 1. The zero-order chi connectivity index (χ0) is 19.7. The number of nitrogens with zero attached hydrogens (tertiary/aromatic N) is 7. The molecule has 0 N–H and O–H groups in total. The molecule has 0 aliphatic rings. The van der Waals surface area contributed by atoms with Gasteiger partial charge in [0.05, 0.1) is 13.0 Å². The summed E-state index contributed by atoms with van der Waals surface area (Å²) in [6.07, 6.45) is -0.311. The predicted molar refractivity (Wildman–Crippen MR) is 86.0 cm³/mol. The van der Waals surface area contributed by atoms with Crippen molar-refractivity contribution in [1.82, 2.24) is 34.6 Å². The second-order valence-electron chi connectivity index (χ2n) is 5.70. The van der Waals surface area contributed by atoms with Crippen LogP contribution in [-0.4, -0.2) is 40.3 Å². The fourth-order valence-corrected chi connectivity index (χ4v) is 2.38. The van der Waals surface area contributed by atoms with Crippen LogP contribution in [0.15, 0.2) is 27.8 Å². The maximum atomic E-state index is 13.9. The van der Waals surface area contributed by atoms with E-state index in [0.717, 1.165) is 16.8 Å². The molecule has 0 unspecified atom stereocenters. The van der Waals surface area contributed by atoms with Crippen LogP contribution in [-0.2, 0) is 27.1 Å². The maximum absolute atomic E-state index is 13.9. The second kappa shape index (κ2) is 6.97. The number of Topliss-reactive ketones (excluding diaryl/α,β-unsaturated/α-hetero) is 1. The second-order valence-corrected chi connectivity index (χ2v) is 5.70. The molecular weight excluding hydrogens is 364 g/mol. The molecule has 0 atom stereocenters. The minimum atomic E-state index is -0.984. The fourth-order valence-electron chi connectivity index (χ4n) is 2.38. The van der Waals surface area contributed by atoms with Gasteiger partial charge in [0, 0.05) is 25.7 Å². The molecule has 10 nitrogen and oxygen atoms in total. The van der Waals surface area contributed by atoms with Crippen LogP contribution in [0.5, 0.6) is 0 Å². The molecule has 0 aliphatic carbocycles. The smallest absolute Gasteiger partial charge is 0.292 e. The summed E-state index contributed by atoms with van der Waals surface area (Å²) in [5.41, 5.74) is -2.43. The number of aryl methyl sites for hydroxylation is 2. The third kappa shape index (κ3) is 3.54. The summed E-state index contributed by atoms with van der Waals surface area (Å²) in [6.45, 7) is -0.480. The van der Waals surface area contributed by atoms with Crippen molar-refractivity contribution in [3.63, 3.8) is 0 Å². The van der Waals surface area contributed by atoms with Crippen LogP contribution in [0.25, 0.3) is 0 Å². The molecule has 27 heavy (non-hydrogen) atoms. The minimum Gasteiger partial charge on any atom is -0.292 e. The number of hydrogen-bond acceptors (Lipinski definition) is 7. The number of aromatic nitrogens is 7. The first-order valence-corrected chi connectivity index (χ1v) is 7.64. The summed E-state index contributed by atoms with van der Waals surface area (Å²) in [5, 5.41) is 14.3. The Morgan fingerprint density at radius 1 is 1.15 bits per heavy atom. The highest BCUT2D eigenvalue weighted by molar-refractivity contribution is 5.94. The van der Waals surface area contributed by atoms with E-state index in [-0.39, 0.29) is 17.8 Å². The van der Waals surface area contributed by atoms with Crippen molar-refractivity contribution in [2.24, 2.45) is 14.1 Å². The molecule has 0 saturated carbocycles. The van der Waals surface area contributed by atoms with E-state index in [2.05, 4.69) is 20.6 Å². The first kappa shape index (κ1) is 18.2. The van der Waals surface area contributed by atoms with Gasteiger partial charge in [0.1, 0.15) is 11.6 Å². The molecule has 0 aliphatic heterocycles. The summed E-state index contributed by atoms with van der Waals surface area (Å²) in [7, 11) is 2.77. The van der Waals surface area contributed by atoms with E-state index in [1.807, 2.05) is 0 Å². The van der Waals surface area contributed by atoms with Crippen LogP contribution in [0.4, 0.5) is 8.78 Å². The Labute approximate surface area is 149 Å². The third-order valence-corrected chi connectivity index (χ3v) is 3.84. The van der Waals surface area contributed by atoms with E-state index in [4.69, 9.17) is 0 Å². The number of rotatable bonds is 5. The lowest BCUT2D eigenvalue weighted by molar-refractivity contribution is 0.0979. The van der Waals surface area contributed by atoms with Gasteiger partial charge in [-0.2, -0.15) is 5.10 Å². The molecule has 2 aromatic heterocycles. The van der Waals surface area contributed by atoms with E-state index in [1.165, 1.54) is 18.8 Å². The Hall–Kier alpha value is -3.57. The van der Waals surface area contributed by atoms with E-state index >= 15 is 0 Å². The molecule has 0 saturated heterocycles. The van der Waals surface area contributed by atoms with Gasteiger partial charge >= 0.3 is 5.69 Å². The molecular formula is C15H13F2N7O3. The van der Waals surface area contributed by atoms with Gasteiger partial charge in [-0.3, -0.25) is 14.2 Å². The maximum Gasteiger partial charge on any atom is 0.347 e. The summed E-state index contributed by atoms with van der Waals surface area (Å²) in [6, 6.07) is 2.76. The molecule has 2 heterocycles. The summed E-state index contributed by atoms with van der Waals surface area (Å²) in [5.74, 6) is -2.22. The molecule has 3 rings (SSSR count). The van der Waals surface area contributed by atoms with Crippen LogP contribution >= 0.6 is 0 Å². The van der Waals surface area contributed by atoms with Crippen LogP contribution < -0.4 is 11.2 Å². The van der Waals surface area contributed by atoms with Gasteiger partial charge in [0.15, 0.2) is 17.3 Å². The molecule has 1 aromatic carbocycles. The average Bonchev–Trinajstić information content (AvgIpc) is 3.01. The first-order chi connectivity index (χ1) is 12.8. The van der Waals surface area contributed by atoms with Gasteiger partial charge in [-0.05, 0) is 16.5 Å². The predicted octanol–water partition coefficient (Wildman–Crippen LogP) is -0.783. The lowest BCUT2D eigenvalue weighted by Gasteiger charge is -2.09. The van der Waals surface area contributed by atoms with Crippen molar-refractivity contribution < 1.29 is 13.6 Å². The molecule has 0 fully saturated rings. The molecule has 140 valence electrons. The highest BCUT2D eigenvalue weighted by atomic mass is 19.1. The van der Waals surface area contributed by atoms with E-state index < -0.39 is 40.9 Å². The molecule has 0 bridgehead atoms. The van der Waals surface area contributed by atoms with Crippen LogP contribution in [0.3, 0.4) is 0 Å². The molecule has 3 aromatic rings. The Morgan fingerprint density at radius 3 is 2.52 bits per heavy atom. The van der Waals surface area contributed by atoms with Gasteiger partial charge in [-0.1, -0.05) is 6.07 Å². The van der Waals surface area contributed by atoms with Crippen LogP contribution in [0, 0.1) is 11.6 Å². The number of tetrazole rings is 1. The Kier molecular flexibility index (Phi) is 4.71. The van der Waals surface area contributed by atoms with E-state index in [0.29, 0.717) is 10.6 Å². The van der Waals surface area contributed by atoms with Gasteiger partial charge < -0.3 is 0 Å². The Bertz CT molecular complexity index is 1150. The SMILES string of the molecule is Cn1nnnc1CC(=O)c1nn(C)c(=O)n(Cc2ccc(F)cc2F)c1=O. The first-order valence-electron chi connectivity index (χ1n) is 7.64. The lowest BCUT2D eigenvalue weighted by atomic mass is 10.2. The molecule has 0 amide bonds. The summed E-state index contributed by atoms with van der Waals surface area (Å²) >= 11 is 0. The largest absolute Gasteiger partial charge is 0.347 e. The van der Waals surface area contributed by atoms with Crippen molar-refractivity contribution >= 4 is 5.78 Å². The number of hydrogen-bond donors (Lipinski definition) is 0. The molecule has 0 spiro atoms. The Balaban J connectivity index is 2.03. The highest BCUT2D eigenvalue weighted by Crippen LogP contribution is 2.10. The van der Waals surface area contributed by atoms with Gasteiger partial charge in [-0.15, -0.1) is 5.10 Å². The number of carbonyl (C=O) groups excluding carboxylic acids is 1. The highest BCUT2D eigenvalue weighted by Gasteiger charge is 2.21. The number of halogens is 2. The Morgan fingerprint density at radius 2 is 1.89 bits per heavy atom. The van der Waals surface area contributed by atoms with Gasteiger partial charge in [0.2, 0.25) is 0 Å². The van der Waals surface area contributed by atoms with Gasteiger partial charge in [0.25, 0.3) is 5.56 Å². The lowest BCUT2D eigenvalue weighted by Crippen LogP contribution is -2.44. The van der Waals surface area contributed by atoms with Crippen LogP contribution in [0.1, 0.15) is 21.9 Å². The number of ketones is 1. The van der Waals surface area contributed by atoms with Crippen molar-refractivity contribution in [3.05, 3.63) is 67.8 Å². The molecule has 0 radical (unpaired) electrons. The fraction of sp³-hybridized carbons (Fsp3) is 0.267. The topological polar surface area (TPSA) is 118 Å². The normalized spacial score (nSPS) is 11.0. The standard InChI is InChI=1S/C15H13F2N7O3/c1-22-12(18-20-21-22)6-11(25)13-14(26)24(15(27)23(2)19-13)7-8-3-4-9(16)5-10(8)17/h3-5H,6-7H2,1-2H3. The number of carbonyl (C=O) groups is 1. The average molecular weight is 377 g/mol. The molecule has 12 heteroatoms. The summed E-state index contributed by atoms with van der Waals surface area (Å²) in [4.78, 5) is 37.3. The monoisotopic (exact) mass is 377 g/mol. The quantitative estimate of drug-likeness (QED) is 0.535. The van der Waals surface area contributed by atoms with Crippen molar-refractivity contribution in [1.29, 1.82) is 0 Å². The zero-order valence-electron chi connectivity index (χ0n) is 14.3. The van der Waals surface area contributed by atoms with E-state index in [1.54, 1.807) is 0 Å². The van der Waals surface area contributed by atoms with Crippen molar-refractivity contribution in [3.8, 4) is 0 Å². The minimum absolute atomic E-state index is 0.0855. The van der Waals surface area contributed by atoms with Crippen molar-refractivity contribution in [2.45, 2.75) is 13.0 Å². The van der Waals surface area contributed by atoms with Crippen LogP contribution in [0.2, 0.25) is 0 Å². The zero-order valence-corrected chi connectivity index (χ0v) is 14.3. The summed E-state index contributed by atoms with van der Waals surface area (Å²) < 4.78 is 29.6. The van der Waals surface area contributed by atoms with Gasteiger partial charge in [-0.25, -0.2) is 22.9 Å².